The quantitative estimate of drug-likeness (QED) is 0.257. The standard InChI is InChI=1S/C26H33N7O5/c1-3-37-25(36)26(12-13-27-24(26)35)14-18-10-11-20-28-19(15-33(20)30-18)22(17-8-6-4-5-7-9-17)29-23(34)21-16(2)31-38-32-21/h10-11,15,17,22H,3-9,12-14H2,1-2H3,(H,27,35)(H,29,34)/t22-,26?/m0/s1. The van der Waals surface area contributed by atoms with Gasteiger partial charge in [0.25, 0.3) is 5.91 Å². The molecule has 2 amide bonds. The average Bonchev–Trinajstić information content (AvgIpc) is 3.56. The Kier molecular flexibility index (Phi) is 7.39. The number of ether oxygens (including phenoxy) is 1. The van der Waals surface area contributed by atoms with Gasteiger partial charge in [-0.2, -0.15) is 5.10 Å². The van der Waals surface area contributed by atoms with Crippen molar-refractivity contribution < 1.29 is 23.7 Å². The minimum atomic E-state index is -1.29. The number of nitrogens with zero attached hydrogens (tertiary/aromatic N) is 5. The average molecular weight is 524 g/mol. The first-order chi connectivity index (χ1) is 18.4. The molecule has 1 aliphatic carbocycles. The predicted molar refractivity (Wildman–Crippen MR) is 134 cm³/mol. The van der Waals surface area contributed by atoms with Crippen LogP contribution < -0.4 is 10.6 Å². The molecule has 2 atom stereocenters. The van der Waals surface area contributed by atoms with Crippen LogP contribution in [0.5, 0.6) is 0 Å². The Morgan fingerprint density at radius 1 is 1.24 bits per heavy atom. The first-order valence-corrected chi connectivity index (χ1v) is 13.3. The van der Waals surface area contributed by atoms with Crippen molar-refractivity contribution in [3.8, 4) is 0 Å². The number of carbonyl (C=O) groups is 3. The lowest BCUT2D eigenvalue weighted by Crippen LogP contribution is -2.42. The molecule has 1 saturated heterocycles. The highest BCUT2D eigenvalue weighted by Gasteiger charge is 2.50. The van der Waals surface area contributed by atoms with Gasteiger partial charge in [0.15, 0.2) is 16.8 Å². The van der Waals surface area contributed by atoms with Crippen molar-refractivity contribution in [2.45, 2.75) is 71.3 Å². The number of esters is 1. The third-order valence-corrected chi connectivity index (χ3v) is 7.66. The van der Waals surface area contributed by atoms with Gasteiger partial charge in [0.2, 0.25) is 5.91 Å². The summed E-state index contributed by atoms with van der Waals surface area (Å²) in [6.45, 7) is 4.01. The highest BCUT2D eigenvalue weighted by molar-refractivity contribution is 6.04. The van der Waals surface area contributed by atoms with Gasteiger partial charge >= 0.3 is 5.97 Å². The lowest BCUT2D eigenvalue weighted by atomic mass is 9.81. The number of aromatic nitrogens is 5. The van der Waals surface area contributed by atoms with Crippen molar-refractivity contribution in [2.75, 3.05) is 13.2 Å². The second-order valence-electron chi connectivity index (χ2n) is 10.2. The fraction of sp³-hybridized carbons (Fsp3) is 0.577. The van der Waals surface area contributed by atoms with Crippen molar-refractivity contribution in [1.82, 2.24) is 35.5 Å². The number of hydrogen-bond donors (Lipinski definition) is 2. The van der Waals surface area contributed by atoms with E-state index in [1.807, 2.05) is 12.3 Å². The predicted octanol–water partition coefficient (Wildman–Crippen LogP) is 2.47. The lowest BCUT2D eigenvalue weighted by molar-refractivity contribution is -0.159. The molecule has 3 aromatic heterocycles. The van der Waals surface area contributed by atoms with Crippen LogP contribution in [0, 0.1) is 18.3 Å². The molecule has 202 valence electrons. The molecule has 5 rings (SSSR count). The smallest absolute Gasteiger partial charge is 0.322 e. The molecule has 38 heavy (non-hydrogen) atoms. The van der Waals surface area contributed by atoms with Gasteiger partial charge in [0.1, 0.15) is 5.69 Å². The highest BCUT2D eigenvalue weighted by Crippen LogP contribution is 2.35. The summed E-state index contributed by atoms with van der Waals surface area (Å²) >= 11 is 0. The maximum absolute atomic E-state index is 13.1. The van der Waals surface area contributed by atoms with Crippen molar-refractivity contribution in [1.29, 1.82) is 0 Å². The molecular weight excluding hydrogens is 490 g/mol. The minimum Gasteiger partial charge on any atom is -0.465 e. The van der Waals surface area contributed by atoms with Crippen molar-refractivity contribution in [3.05, 3.63) is 41.1 Å². The molecule has 4 heterocycles. The van der Waals surface area contributed by atoms with Crippen LogP contribution in [0.3, 0.4) is 0 Å². The van der Waals surface area contributed by atoms with E-state index >= 15 is 0 Å². The van der Waals surface area contributed by atoms with E-state index in [-0.39, 0.29) is 42.5 Å². The van der Waals surface area contributed by atoms with Crippen LogP contribution in [0.25, 0.3) is 5.65 Å². The molecule has 12 heteroatoms. The van der Waals surface area contributed by atoms with E-state index in [2.05, 4.69) is 26.0 Å². The molecule has 0 aromatic carbocycles. The maximum Gasteiger partial charge on any atom is 0.322 e. The van der Waals surface area contributed by atoms with Gasteiger partial charge in [-0.15, -0.1) is 0 Å². The topological polar surface area (TPSA) is 154 Å². The van der Waals surface area contributed by atoms with Crippen LogP contribution in [0.4, 0.5) is 0 Å². The summed E-state index contributed by atoms with van der Waals surface area (Å²) in [5.41, 5.74) is 1.17. The van der Waals surface area contributed by atoms with Gasteiger partial charge in [-0.25, -0.2) is 14.1 Å². The Labute approximate surface area is 219 Å². The summed E-state index contributed by atoms with van der Waals surface area (Å²) in [4.78, 5) is 43.3. The van der Waals surface area contributed by atoms with Gasteiger partial charge in [-0.1, -0.05) is 30.8 Å². The van der Waals surface area contributed by atoms with Crippen LogP contribution in [0.15, 0.2) is 23.0 Å². The number of rotatable bonds is 8. The van der Waals surface area contributed by atoms with E-state index in [0.29, 0.717) is 35.7 Å². The molecular formula is C26H33N7O5. The molecule has 0 radical (unpaired) electrons. The summed E-state index contributed by atoms with van der Waals surface area (Å²) in [5, 5.41) is 18.1. The molecule has 1 aliphatic heterocycles. The fourth-order valence-corrected chi connectivity index (χ4v) is 5.59. The van der Waals surface area contributed by atoms with Gasteiger partial charge < -0.3 is 15.4 Å². The van der Waals surface area contributed by atoms with Crippen molar-refractivity contribution in [2.24, 2.45) is 11.3 Å². The number of carbonyl (C=O) groups excluding carboxylic acids is 3. The Hall–Kier alpha value is -3.83. The molecule has 3 aromatic rings. The molecule has 1 saturated carbocycles. The molecule has 12 nitrogen and oxygen atoms in total. The van der Waals surface area contributed by atoms with Gasteiger partial charge in [-0.3, -0.25) is 14.4 Å². The second-order valence-corrected chi connectivity index (χ2v) is 10.2. The molecule has 2 fully saturated rings. The SMILES string of the molecule is CCOC(=O)C1(Cc2ccc3nc([C@@H](NC(=O)c4nonc4C)C4CCCCCC4)cn3n2)CCNC1=O. The van der Waals surface area contributed by atoms with Gasteiger partial charge in [-0.05, 0) is 56.3 Å². The number of imidazole rings is 1. The summed E-state index contributed by atoms with van der Waals surface area (Å²) in [5.74, 6) is -1.01. The monoisotopic (exact) mass is 523 g/mol. The highest BCUT2D eigenvalue weighted by atomic mass is 16.6. The van der Waals surface area contributed by atoms with E-state index in [4.69, 9.17) is 14.3 Å². The number of fused-ring (bicyclic) bond motifs is 1. The Bertz CT molecular complexity index is 1330. The Morgan fingerprint density at radius 3 is 2.68 bits per heavy atom. The summed E-state index contributed by atoms with van der Waals surface area (Å²) < 4.78 is 11.6. The Morgan fingerprint density at radius 2 is 2.03 bits per heavy atom. The van der Waals surface area contributed by atoms with Crippen LogP contribution in [-0.2, 0) is 20.7 Å². The summed E-state index contributed by atoms with van der Waals surface area (Å²) in [6, 6.07) is 3.26. The van der Waals surface area contributed by atoms with E-state index in [0.717, 1.165) is 25.7 Å². The second kappa shape index (κ2) is 10.9. The van der Waals surface area contributed by atoms with Crippen LogP contribution in [-0.4, -0.2) is 55.8 Å². The minimum absolute atomic E-state index is 0.127. The number of hydrogen-bond acceptors (Lipinski definition) is 9. The van der Waals surface area contributed by atoms with Crippen LogP contribution in [0.1, 0.15) is 85.5 Å². The van der Waals surface area contributed by atoms with Crippen LogP contribution >= 0.6 is 0 Å². The summed E-state index contributed by atoms with van der Waals surface area (Å²) in [7, 11) is 0. The van der Waals surface area contributed by atoms with Gasteiger partial charge in [0.05, 0.1) is 30.2 Å². The number of aryl methyl sites for hydroxylation is 1. The zero-order chi connectivity index (χ0) is 26.7. The molecule has 1 unspecified atom stereocenters. The van der Waals surface area contributed by atoms with E-state index in [1.165, 1.54) is 12.8 Å². The number of nitrogens with one attached hydrogen (secondary N) is 2. The molecule has 0 spiro atoms. The molecule has 0 bridgehead atoms. The first kappa shape index (κ1) is 25.8. The molecule has 2 aliphatic rings. The van der Waals surface area contributed by atoms with Crippen LogP contribution in [0.2, 0.25) is 0 Å². The summed E-state index contributed by atoms with van der Waals surface area (Å²) in [6.07, 6.45) is 8.78. The fourth-order valence-electron chi connectivity index (χ4n) is 5.59. The first-order valence-electron chi connectivity index (χ1n) is 13.3. The Balaban J connectivity index is 1.45. The van der Waals surface area contributed by atoms with E-state index in [1.54, 1.807) is 24.4 Å². The number of amides is 2. The van der Waals surface area contributed by atoms with Gasteiger partial charge in [0, 0.05) is 13.0 Å². The van der Waals surface area contributed by atoms with Crippen molar-refractivity contribution >= 4 is 23.4 Å². The lowest BCUT2D eigenvalue weighted by Gasteiger charge is -2.25. The maximum atomic E-state index is 13.1. The zero-order valence-electron chi connectivity index (χ0n) is 21.7. The van der Waals surface area contributed by atoms with E-state index < -0.39 is 11.4 Å². The third-order valence-electron chi connectivity index (χ3n) is 7.66. The molecule has 2 N–H and O–H groups in total. The van der Waals surface area contributed by atoms with Crippen molar-refractivity contribution in [3.63, 3.8) is 0 Å². The zero-order valence-corrected chi connectivity index (χ0v) is 21.7. The van der Waals surface area contributed by atoms with E-state index in [9.17, 15) is 14.4 Å². The normalized spacial score (nSPS) is 21.2. The third kappa shape index (κ3) is 4.99. The largest absolute Gasteiger partial charge is 0.465 e.